The third-order valence-corrected chi connectivity index (χ3v) is 4.91. The second-order valence-electron chi connectivity index (χ2n) is 8.74. The second kappa shape index (κ2) is 7.69. The van der Waals surface area contributed by atoms with Crippen molar-refractivity contribution in [2.24, 2.45) is 5.41 Å². The molecule has 2 heterocycles. The van der Waals surface area contributed by atoms with Crippen LogP contribution in [0.4, 0.5) is 5.95 Å². The SMILES string of the molecule is CCCCCN1C(CC(C)(C)C)=CCn2cc(-c3ccc(C)cc3)nc21. The van der Waals surface area contributed by atoms with Gasteiger partial charge >= 0.3 is 0 Å². The fraction of sp³-hybridized carbons (Fsp3) is 0.522. The summed E-state index contributed by atoms with van der Waals surface area (Å²) in [6, 6.07) is 8.68. The van der Waals surface area contributed by atoms with E-state index < -0.39 is 0 Å². The van der Waals surface area contributed by atoms with E-state index in [4.69, 9.17) is 4.98 Å². The van der Waals surface area contributed by atoms with Crippen LogP contribution in [-0.2, 0) is 6.54 Å². The molecule has 0 radical (unpaired) electrons. The third kappa shape index (κ3) is 4.38. The van der Waals surface area contributed by atoms with Crippen LogP contribution in [0, 0.1) is 12.3 Å². The molecule has 0 saturated heterocycles. The molecule has 3 heteroatoms. The van der Waals surface area contributed by atoms with Crippen molar-refractivity contribution in [3.8, 4) is 11.3 Å². The highest BCUT2D eigenvalue weighted by Gasteiger charge is 2.25. The lowest BCUT2D eigenvalue weighted by molar-refractivity contribution is 0.400. The number of imidazole rings is 1. The van der Waals surface area contributed by atoms with Crippen molar-refractivity contribution in [2.45, 2.75) is 66.8 Å². The number of hydrogen-bond acceptors (Lipinski definition) is 2. The van der Waals surface area contributed by atoms with Crippen molar-refractivity contribution in [2.75, 3.05) is 11.4 Å². The first kappa shape index (κ1) is 18.8. The maximum absolute atomic E-state index is 5.04. The van der Waals surface area contributed by atoms with Crippen LogP contribution < -0.4 is 4.90 Å². The topological polar surface area (TPSA) is 21.1 Å². The van der Waals surface area contributed by atoms with Gasteiger partial charge in [-0.15, -0.1) is 0 Å². The van der Waals surface area contributed by atoms with Crippen LogP contribution in [-0.4, -0.2) is 16.1 Å². The molecule has 0 amide bonds. The van der Waals surface area contributed by atoms with E-state index in [2.05, 4.69) is 80.6 Å². The van der Waals surface area contributed by atoms with E-state index in [1.807, 2.05) is 0 Å². The molecule has 0 aliphatic carbocycles. The van der Waals surface area contributed by atoms with E-state index in [-0.39, 0.29) is 5.41 Å². The van der Waals surface area contributed by atoms with Gasteiger partial charge in [0.1, 0.15) is 0 Å². The van der Waals surface area contributed by atoms with Crippen LogP contribution >= 0.6 is 0 Å². The Bertz CT molecular complexity index is 760. The number of fused-ring (bicyclic) bond motifs is 1. The van der Waals surface area contributed by atoms with Crippen molar-refractivity contribution in [3.63, 3.8) is 0 Å². The van der Waals surface area contributed by atoms with Crippen molar-refractivity contribution >= 4 is 5.95 Å². The Kier molecular flexibility index (Phi) is 5.55. The van der Waals surface area contributed by atoms with Gasteiger partial charge in [0.05, 0.1) is 5.69 Å². The lowest BCUT2D eigenvalue weighted by atomic mass is 9.89. The normalized spacial score (nSPS) is 14.3. The van der Waals surface area contributed by atoms with Gasteiger partial charge < -0.3 is 9.47 Å². The van der Waals surface area contributed by atoms with Gasteiger partial charge in [0, 0.05) is 30.5 Å². The Morgan fingerprint density at radius 2 is 1.81 bits per heavy atom. The Morgan fingerprint density at radius 3 is 2.46 bits per heavy atom. The Hall–Kier alpha value is -2.03. The average molecular weight is 352 g/mol. The van der Waals surface area contributed by atoms with Gasteiger partial charge in [0.25, 0.3) is 0 Å². The minimum absolute atomic E-state index is 0.281. The molecule has 0 saturated carbocycles. The summed E-state index contributed by atoms with van der Waals surface area (Å²) in [4.78, 5) is 7.50. The van der Waals surface area contributed by atoms with Crippen molar-refractivity contribution in [1.82, 2.24) is 9.55 Å². The molecule has 1 aliphatic heterocycles. The van der Waals surface area contributed by atoms with E-state index in [9.17, 15) is 0 Å². The van der Waals surface area contributed by atoms with Gasteiger partial charge in [-0.05, 0) is 31.3 Å². The molecule has 0 spiro atoms. The predicted octanol–water partition coefficient (Wildman–Crippen LogP) is 6.19. The maximum atomic E-state index is 5.04. The van der Waals surface area contributed by atoms with E-state index in [0.717, 1.165) is 31.2 Å². The molecule has 0 atom stereocenters. The molecule has 1 aromatic heterocycles. The quantitative estimate of drug-likeness (QED) is 0.579. The molecule has 2 aromatic rings. The first-order valence-electron chi connectivity index (χ1n) is 9.98. The van der Waals surface area contributed by atoms with Crippen molar-refractivity contribution < 1.29 is 0 Å². The fourth-order valence-corrected chi connectivity index (χ4v) is 3.54. The number of unbranched alkanes of at least 4 members (excludes halogenated alkanes) is 2. The first-order valence-corrected chi connectivity index (χ1v) is 9.98. The summed E-state index contributed by atoms with van der Waals surface area (Å²) in [5.74, 6) is 1.11. The molecule has 1 aromatic carbocycles. The van der Waals surface area contributed by atoms with Crippen LogP contribution in [0.3, 0.4) is 0 Å². The summed E-state index contributed by atoms with van der Waals surface area (Å²) in [6.07, 6.45) is 9.42. The van der Waals surface area contributed by atoms with Crippen molar-refractivity contribution in [3.05, 3.63) is 47.8 Å². The summed E-state index contributed by atoms with van der Waals surface area (Å²) in [7, 11) is 0. The number of allylic oxidation sites excluding steroid dienone is 2. The number of hydrogen-bond donors (Lipinski definition) is 0. The number of aryl methyl sites for hydroxylation is 1. The van der Waals surface area contributed by atoms with Crippen LogP contribution in [0.5, 0.6) is 0 Å². The number of rotatable bonds is 6. The standard InChI is InChI=1S/C23H33N3/c1-6-7-8-14-26-20(16-23(3,4)5)13-15-25-17-21(24-22(25)26)19-11-9-18(2)10-12-19/h9-13,17H,6-8,14-16H2,1-5H3. The number of benzene rings is 1. The molecule has 0 bridgehead atoms. The Balaban J connectivity index is 1.90. The van der Waals surface area contributed by atoms with E-state index in [1.54, 1.807) is 0 Å². The second-order valence-corrected chi connectivity index (χ2v) is 8.74. The summed E-state index contributed by atoms with van der Waals surface area (Å²) in [5.41, 5.74) is 5.27. The summed E-state index contributed by atoms with van der Waals surface area (Å²) in [6.45, 7) is 13.3. The Labute approximate surface area is 158 Å². The first-order chi connectivity index (χ1) is 12.4. The minimum Gasteiger partial charge on any atom is -0.316 e. The third-order valence-electron chi connectivity index (χ3n) is 4.91. The molecule has 3 rings (SSSR count). The predicted molar refractivity (Wildman–Crippen MR) is 111 cm³/mol. The average Bonchev–Trinajstić information content (AvgIpc) is 3.00. The molecular weight excluding hydrogens is 318 g/mol. The van der Waals surface area contributed by atoms with Crippen LogP contribution in [0.15, 0.2) is 42.2 Å². The summed E-state index contributed by atoms with van der Waals surface area (Å²) in [5, 5.41) is 0. The molecule has 0 fully saturated rings. The van der Waals surface area contributed by atoms with Crippen LogP contribution in [0.25, 0.3) is 11.3 Å². The number of aromatic nitrogens is 2. The van der Waals surface area contributed by atoms with Gasteiger partial charge in [0.15, 0.2) is 0 Å². The summed E-state index contributed by atoms with van der Waals surface area (Å²) >= 11 is 0. The van der Waals surface area contributed by atoms with Crippen molar-refractivity contribution in [1.29, 1.82) is 0 Å². The minimum atomic E-state index is 0.281. The molecular formula is C23H33N3. The lowest BCUT2D eigenvalue weighted by Crippen LogP contribution is -2.32. The Morgan fingerprint density at radius 1 is 1.08 bits per heavy atom. The zero-order valence-electron chi connectivity index (χ0n) is 17.0. The molecule has 140 valence electrons. The largest absolute Gasteiger partial charge is 0.316 e. The van der Waals surface area contributed by atoms with Gasteiger partial charge in [-0.25, -0.2) is 4.98 Å². The fourth-order valence-electron chi connectivity index (χ4n) is 3.54. The van der Waals surface area contributed by atoms with Gasteiger partial charge in [-0.2, -0.15) is 0 Å². The van der Waals surface area contributed by atoms with E-state index in [0.29, 0.717) is 0 Å². The van der Waals surface area contributed by atoms with E-state index >= 15 is 0 Å². The number of nitrogens with zero attached hydrogens (tertiary/aromatic N) is 3. The highest BCUT2D eigenvalue weighted by atomic mass is 15.3. The smallest absolute Gasteiger partial charge is 0.210 e. The lowest BCUT2D eigenvalue weighted by Gasteiger charge is -2.34. The van der Waals surface area contributed by atoms with Crippen LogP contribution in [0.1, 0.15) is 58.9 Å². The van der Waals surface area contributed by atoms with Gasteiger partial charge in [-0.1, -0.05) is 70.4 Å². The van der Waals surface area contributed by atoms with Gasteiger partial charge in [0.2, 0.25) is 5.95 Å². The monoisotopic (exact) mass is 351 g/mol. The summed E-state index contributed by atoms with van der Waals surface area (Å²) < 4.78 is 2.30. The van der Waals surface area contributed by atoms with Crippen LogP contribution in [0.2, 0.25) is 0 Å². The highest BCUT2D eigenvalue weighted by molar-refractivity contribution is 5.62. The highest BCUT2D eigenvalue weighted by Crippen LogP contribution is 2.34. The molecule has 3 nitrogen and oxygen atoms in total. The van der Waals surface area contributed by atoms with Gasteiger partial charge in [-0.3, -0.25) is 0 Å². The van der Waals surface area contributed by atoms with E-state index in [1.165, 1.54) is 36.1 Å². The maximum Gasteiger partial charge on any atom is 0.210 e. The molecule has 26 heavy (non-hydrogen) atoms. The zero-order valence-corrected chi connectivity index (χ0v) is 17.0. The zero-order chi connectivity index (χ0) is 18.7. The molecule has 0 N–H and O–H groups in total. The molecule has 1 aliphatic rings. The number of anilines is 1. The molecule has 0 unspecified atom stereocenters.